The highest BCUT2D eigenvalue weighted by molar-refractivity contribution is 7.53. The molecule has 0 radical (unpaired) electrons. The molecule has 0 N–H and O–H groups in total. The minimum atomic E-state index is -4.50. The average Bonchev–Trinajstić information content (AvgIpc) is 2.01. The van der Waals surface area contributed by atoms with E-state index in [9.17, 15) is 17.7 Å². The maximum absolute atomic E-state index is 11.6. The Kier molecular flexibility index (Phi) is 4.50. The summed E-state index contributed by atoms with van der Waals surface area (Å²) in [5.41, 5.74) is 0. The van der Waals surface area contributed by atoms with Gasteiger partial charge in [-0.1, -0.05) is 13.5 Å². The highest BCUT2D eigenvalue weighted by Crippen LogP contribution is 2.48. The van der Waals surface area contributed by atoms with E-state index in [1.807, 2.05) is 0 Å². The Bertz CT molecular complexity index is 214. The Hall–Kier alpha value is -0.480. The van der Waals surface area contributed by atoms with Gasteiger partial charge in [0, 0.05) is 0 Å². The zero-order valence-electron chi connectivity index (χ0n) is 7.00. The van der Waals surface area contributed by atoms with E-state index >= 15 is 0 Å². The first-order chi connectivity index (χ1) is 5.83. The molecule has 0 saturated carbocycles. The number of alkyl halides is 3. The zero-order chi connectivity index (χ0) is 10.5. The van der Waals surface area contributed by atoms with Gasteiger partial charge in [-0.2, -0.15) is 13.2 Å². The molecule has 1 atom stereocenters. The van der Waals surface area contributed by atoms with Crippen molar-refractivity contribution in [3.05, 3.63) is 12.8 Å². The largest absolute Gasteiger partial charge is 0.433 e. The number of hydrogen-bond acceptors (Lipinski definition) is 3. The molecule has 0 aromatic rings. The van der Waals surface area contributed by atoms with Gasteiger partial charge >= 0.3 is 13.8 Å². The molecule has 0 fully saturated rings. The maximum Gasteiger partial charge on any atom is 0.412 e. The van der Waals surface area contributed by atoms with Gasteiger partial charge in [0.2, 0.25) is 0 Å². The SMILES string of the molecule is C=COP(=O)(CC)OCC(F)(F)F. The summed E-state index contributed by atoms with van der Waals surface area (Å²) in [6.07, 6.45) is -3.83. The molecule has 0 aromatic heterocycles. The van der Waals surface area contributed by atoms with Crippen molar-refractivity contribution in [1.82, 2.24) is 0 Å². The van der Waals surface area contributed by atoms with E-state index in [2.05, 4.69) is 15.6 Å². The molecule has 0 spiro atoms. The van der Waals surface area contributed by atoms with Crippen LogP contribution < -0.4 is 0 Å². The topological polar surface area (TPSA) is 35.5 Å². The number of halogens is 3. The van der Waals surface area contributed by atoms with Gasteiger partial charge in [0.15, 0.2) is 6.61 Å². The highest BCUT2D eigenvalue weighted by Gasteiger charge is 2.33. The van der Waals surface area contributed by atoms with Crippen molar-refractivity contribution in [2.45, 2.75) is 13.1 Å². The number of hydrogen-bond donors (Lipinski definition) is 0. The Labute approximate surface area is 74.1 Å². The van der Waals surface area contributed by atoms with Crippen molar-refractivity contribution < 1.29 is 26.8 Å². The van der Waals surface area contributed by atoms with E-state index in [1.165, 1.54) is 6.92 Å². The summed E-state index contributed by atoms with van der Waals surface area (Å²) in [5.74, 6) is 0. The van der Waals surface area contributed by atoms with Gasteiger partial charge in [0.25, 0.3) is 0 Å². The second-order valence-corrected chi connectivity index (χ2v) is 4.41. The lowest BCUT2D eigenvalue weighted by Gasteiger charge is -2.16. The van der Waals surface area contributed by atoms with E-state index in [1.54, 1.807) is 0 Å². The molecule has 0 amide bonds. The molecule has 0 bridgehead atoms. The van der Waals surface area contributed by atoms with Crippen molar-refractivity contribution >= 4 is 7.60 Å². The summed E-state index contributed by atoms with van der Waals surface area (Å²) in [5, 5.41) is 0. The van der Waals surface area contributed by atoms with Gasteiger partial charge in [-0.15, -0.1) is 0 Å². The Morgan fingerprint density at radius 1 is 1.54 bits per heavy atom. The second-order valence-electron chi connectivity index (χ2n) is 2.09. The van der Waals surface area contributed by atoms with E-state index < -0.39 is 20.4 Å². The van der Waals surface area contributed by atoms with Crippen molar-refractivity contribution in [2.24, 2.45) is 0 Å². The molecule has 78 valence electrons. The van der Waals surface area contributed by atoms with Gasteiger partial charge in [-0.05, 0) is 0 Å². The first kappa shape index (κ1) is 12.5. The smallest absolute Gasteiger partial charge is 0.412 e. The van der Waals surface area contributed by atoms with Crippen LogP contribution >= 0.6 is 7.60 Å². The van der Waals surface area contributed by atoms with E-state index in [-0.39, 0.29) is 6.16 Å². The lowest BCUT2D eigenvalue weighted by molar-refractivity contribution is -0.154. The fraction of sp³-hybridized carbons (Fsp3) is 0.667. The van der Waals surface area contributed by atoms with Gasteiger partial charge in [0.1, 0.15) is 0 Å². The third-order valence-corrected chi connectivity index (χ3v) is 2.81. The molecule has 0 aliphatic carbocycles. The molecule has 0 rings (SSSR count). The standard InChI is InChI=1S/C6H10F3O3P/c1-3-11-13(10,4-2)12-5-6(7,8)9/h3H,1,4-5H2,2H3. The molecule has 7 heteroatoms. The number of rotatable bonds is 5. The van der Waals surface area contributed by atoms with Crippen molar-refractivity contribution in [1.29, 1.82) is 0 Å². The van der Waals surface area contributed by atoms with Crippen LogP contribution in [0.1, 0.15) is 6.92 Å². The molecule has 0 aliphatic heterocycles. The fourth-order valence-corrected chi connectivity index (χ4v) is 1.44. The summed E-state index contributed by atoms with van der Waals surface area (Å²) in [4.78, 5) is 0. The molecular formula is C6H10F3O3P. The quantitative estimate of drug-likeness (QED) is 0.525. The molecule has 0 heterocycles. The second kappa shape index (κ2) is 4.67. The third kappa shape index (κ3) is 5.71. The minimum absolute atomic E-state index is 0.130. The Morgan fingerprint density at radius 3 is 2.38 bits per heavy atom. The van der Waals surface area contributed by atoms with Crippen molar-refractivity contribution in [3.63, 3.8) is 0 Å². The summed E-state index contributed by atoms with van der Waals surface area (Å²) in [6.45, 7) is 2.91. The van der Waals surface area contributed by atoms with E-state index in [0.717, 1.165) is 6.26 Å². The molecule has 0 aliphatic rings. The van der Waals surface area contributed by atoms with Crippen LogP contribution in [0.5, 0.6) is 0 Å². The lowest BCUT2D eigenvalue weighted by atomic mass is 10.7. The summed E-state index contributed by atoms with van der Waals surface area (Å²) in [6, 6.07) is 0. The first-order valence-corrected chi connectivity index (χ1v) is 5.15. The minimum Gasteiger partial charge on any atom is -0.433 e. The fourth-order valence-electron chi connectivity index (χ4n) is 0.481. The van der Waals surface area contributed by atoms with Gasteiger partial charge in [-0.25, -0.2) is 4.57 Å². The molecule has 0 saturated heterocycles. The van der Waals surface area contributed by atoms with Gasteiger partial charge < -0.3 is 4.52 Å². The Balaban J connectivity index is 4.13. The van der Waals surface area contributed by atoms with Crippen LogP contribution in [0.15, 0.2) is 12.8 Å². The predicted molar refractivity (Wildman–Crippen MR) is 41.4 cm³/mol. The molecule has 13 heavy (non-hydrogen) atoms. The Morgan fingerprint density at radius 2 is 2.08 bits per heavy atom. The van der Waals surface area contributed by atoms with E-state index in [0.29, 0.717) is 0 Å². The first-order valence-electron chi connectivity index (χ1n) is 3.42. The maximum atomic E-state index is 11.6. The monoisotopic (exact) mass is 218 g/mol. The summed E-state index contributed by atoms with van der Waals surface area (Å²) in [7, 11) is -3.63. The molecule has 1 unspecified atom stereocenters. The summed E-state index contributed by atoms with van der Waals surface area (Å²) >= 11 is 0. The van der Waals surface area contributed by atoms with Crippen molar-refractivity contribution in [3.8, 4) is 0 Å². The third-order valence-electron chi connectivity index (χ3n) is 1.05. The molecular weight excluding hydrogens is 208 g/mol. The van der Waals surface area contributed by atoms with Crippen LogP contribution in [0.4, 0.5) is 13.2 Å². The van der Waals surface area contributed by atoms with Gasteiger partial charge in [0.05, 0.1) is 12.4 Å². The van der Waals surface area contributed by atoms with E-state index in [4.69, 9.17) is 0 Å². The lowest BCUT2D eigenvalue weighted by Crippen LogP contribution is -2.16. The normalized spacial score (nSPS) is 16.3. The molecule has 3 nitrogen and oxygen atoms in total. The average molecular weight is 218 g/mol. The molecule has 0 aromatic carbocycles. The van der Waals surface area contributed by atoms with Crippen LogP contribution in [-0.2, 0) is 13.6 Å². The van der Waals surface area contributed by atoms with Crippen LogP contribution in [0.3, 0.4) is 0 Å². The predicted octanol–water partition coefficient (Wildman–Crippen LogP) is 2.94. The van der Waals surface area contributed by atoms with Crippen LogP contribution in [0.2, 0.25) is 0 Å². The highest BCUT2D eigenvalue weighted by atomic mass is 31.2. The van der Waals surface area contributed by atoms with Gasteiger partial charge in [-0.3, -0.25) is 4.52 Å². The van der Waals surface area contributed by atoms with Crippen LogP contribution in [0, 0.1) is 0 Å². The van der Waals surface area contributed by atoms with Crippen LogP contribution in [0.25, 0.3) is 0 Å². The van der Waals surface area contributed by atoms with Crippen LogP contribution in [-0.4, -0.2) is 18.9 Å². The summed E-state index contributed by atoms with van der Waals surface area (Å²) < 4.78 is 54.6. The van der Waals surface area contributed by atoms with Crippen molar-refractivity contribution in [2.75, 3.05) is 12.8 Å². The zero-order valence-corrected chi connectivity index (χ0v) is 7.90.